The quantitative estimate of drug-likeness (QED) is 0.494. The van der Waals surface area contributed by atoms with Gasteiger partial charge in [-0.1, -0.05) is 55.8 Å². The third kappa shape index (κ3) is 4.25. The van der Waals surface area contributed by atoms with Crippen LogP contribution in [-0.4, -0.2) is 23.3 Å². The standard InChI is InChI=1S/C25H25ClN2O2S/c1-15(2)14-28-23(21-9-6-12-31-21)22(17-7-4-5-8-18(17)25(28)30)24(29)27-20-11-10-16(3)13-19(20)26/h4-13,15,22-23H,14H2,1-3H3,(H,27,29)/t22-,23+/m1/s1. The van der Waals surface area contributed by atoms with E-state index in [0.717, 1.165) is 16.0 Å². The van der Waals surface area contributed by atoms with Crippen LogP contribution < -0.4 is 5.32 Å². The number of nitrogens with one attached hydrogen (secondary N) is 1. The molecule has 1 aromatic heterocycles. The first-order chi connectivity index (χ1) is 14.9. The van der Waals surface area contributed by atoms with E-state index in [4.69, 9.17) is 11.6 Å². The van der Waals surface area contributed by atoms with Gasteiger partial charge in [0.2, 0.25) is 5.91 Å². The number of carbonyl (C=O) groups excluding carboxylic acids is 2. The van der Waals surface area contributed by atoms with Gasteiger partial charge in [0.1, 0.15) is 0 Å². The Hall–Kier alpha value is -2.63. The maximum Gasteiger partial charge on any atom is 0.254 e. The van der Waals surface area contributed by atoms with Crippen molar-refractivity contribution in [1.29, 1.82) is 0 Å². The van der Waals surface area contributed by atoms with Crippen LogP contribution in [0, 0.1) is 12.8 Å². The van der Waals surface area contributed by atoms with Gasteiger partial charge in [0.25, 0.3) is 5.91 Å². The lowest BCUT2D eigenvalue weighted by atomic mass is 9.81. The normalized spacial score (nSPS) is 18.2. The highest BCUT2D eigenvalue weighted by Gasteiger charge is 2.44. The first kappa shape index (κ1) is 21.6. The van der Waals surface area contributed by atoms with E-state index >= 15 is 0 Å². The lowest BCUT2D eigenvalue weighted by Gasteiger charge is -2.42. The molecule has 4 rings (SSSR count). The minimum atomic E-state index is -0.538. The van der Waals surface area contributed by atoms with Crippen molar-refractivity contribution in [2.24, 2.45) is 5.92 Å². The molecule has 31 heavy (non-hydrogen) atoms. The Morgan fingerprint density at radius 3 is 2.61 bits per heavy atom. The third-order valence-electron chi connectivity index (χ3n) is 5.50. The van der Waals surface area contributed by atoms with Gasteiger partial charge in [-0.3, -0.25) is 9.59 Å². The van der Waals surface area contributed by atoms with Crippen LogP contribution in [0.3, 0.4) is 0 Å². The number of halogens is 1. The molecule has 0 bridgehead atoms. The van der Waals surface area contributed by atoms with E-state index in [1.54, 1.807) is 11.3 Å². The average Bonchev–Trinajstić information content (AvgIpc) is 3.26. The zero-order chi connectivity index (χ0) is 22.1. The molecule has 0 aliphatic carbocycles. The fourth-order valence-electron chi connectivity index (χ4n) is 4.18. The van der Waals surface area contributed by atoms with E-state index in [9.17, 15) is 9.59 Å². The molecule has 0 saturated heterocycles. The van der Waals surface area contributed by atoms with Crippen molar-refractivity contribution in [3.8, 4) is 0 Å². The molecule has 160 valence electrons. The molecule has 1 aliphatic heterocycles. The van der Waals surface area contributed by atoms with Crippen LogP contribution in [0.5, 0.6) is 0 Å². The van der Waals surface area contributed by atoms with E-state index in [1.165, 1.54) is 0 Å². The molecule has 2 aromatic carbocycles. The zero-order valence-corrected chi connectivity index (χ0v) is 19.3. The zero-order valence-electron chi connectivity index (χ0n) is 17.8. The van der Waals surface area contributed by atoms with Crippen LogP contribution in [0.15, 0.2) is 60.0 Å². The molecule has 2 amide bonds. The SMILES string of the molecule is Cc1ccc(NC(=O)[C@@H]2c3ccccc3C(=O)N(CC(C)C)[C@H]2c2cccs2)c(Cl)c1. The minimum absolute atomic E-state index is 0.0277. The summed E-state index contributed by atoms with van der Waals surface area (Å²) in [5.74, 6) is -0.464. The van der Waals surface area contributed by atoms with Crippen LogP contribution in [0.2, 0.25) is 5.02 Å². The second-order valence-electron chi connectivity index (χ2n) is 8.35. The van der Waals surface area contributed by atoms with E-state index in [0.29, 0.717) is 22.8 Å². The molecule has 1 aliphatic rings. The first-order valence-corrected chi connectivity index (χ1v) is 11.6. The lowest BCUT2D eigenvalue weighted by Crippen LogP contribution is -2.47. The smallest absolute Gasteiger partial charge is 0.254 e. The predicted octanol–water partition coefficient (Wildman–Crippen LogP) is 6.29. The highest BCUT2D eigenvalue weighted by molar-refractivity contribution is 7.10. The van der Waals surface area contributed by atoms with Crippen molar-refractivity contribution < 1.29 is 9.59 Å². The number of hydrogen-bond acceptors (Lipinski definition) is 3. The van der Waals surface area contributed by atoms with Crippen LogP contribution >= 0.6 is 22.9 Å². The molecule has 2 heterocycles. The number of carbonyl (C=O) groups is 2. The first-order valence-electron chi connectivity index (χ1n) is 10.4. The summed E-state index contributed by atoms with van der Waals surface area (Å²) >= 11 is 7.96. The van der Waals surface area contributed by atoms with Crippen molar-refractivity contribution in [1.82, 2.24) is 4.90 Å². The molecule has 4 nitrogen and oxygen atoms in total. The van der Waals surface area contributed by atoms with Crippen molar-refractivity contribution in [2.75, 3.05) is 11.9 Å². The minimum Gasteiger partial charge on any atom is -0.329 e. The van der Waals surface area contributed by atoms with E-state index in [-0.39, 0.29) is 23.8 Å². The Morgan fingerprint density at radius 2 is 1.94 bits per heavy atom. The monoisotopic (exact) mass is 452 g/mol. The number of fused-ring (bicyclic) bond motifs is 1. The molecule has 6 heteroatoms. The molecule has 0 unspecified atom stereocenters. The molecule has 0 spiro atoms. The van der Waals surface area contributed by atoms with Gasteiger partial charge in [0.15, 0.2) is 0 Å². The molecule has 2 atom stereocenters. The van der Waals surface area contributed by atoms with Crippen molar-refractivity contribution in [3.05, 3.63) is 86.6 Å². The van der Waals surface area contributed by atoms with Gasteiger partial charge in [0.05, 0.1) is 22.7 Å². The van der Waals surface area contributed by atoms with Crippen LogP contribution in [0.25, 0.3) is 0 Å². The van der Waals surface area contributed by atoms with Crippen molar-refractivity contribution >= 4 is 40.4 Å². The number of aryl methyl sites for hydroxylation is 1. The molecular formula is C25H25ClN2O2S. The lowest BCUT2D eigenvalue weighted by molar-refractivity contribution is -0.119. The van der Waals surface area contributed by atoms with Crippen molar-refractivity contribution in [2.45, 2.75) is 32.7 Å². The summed E-state index contributed by atoms with van der Waals surface area (Å²) in [5, 5.41) is 5.51. The van der Waals surface area contributed by atoms with E-state index in [2.05, 4.69) is 19.2 Å². The maximum absolute atomic E-state index is 13.7. The average molecular weight is 453 g/mol. The van der Waals surface area contributed by atoms with Crippen LogP contribution in [0.4, 0.5) is 5.69 Å². The molecule has 0 radical (unpaired) electrons. The van der Waals surface area contributed by atoms with Gasteiger partial charge >= 0.3 is 0 Å². The summed E-state index contributed by atoms with van der Waals surface area (Å²) in [5.41, 5.74) is 2.95. The third-order valence-corrected chi connectivity index (χ3v) is 6.76. The molecular weight excluding hydrogens is 428 g/mol. The predicted molar refractivity (Wildman–Crippen MR) is 127 cm³/mol. The number of anilines is 1. The maximum atomic E-state index is 13.7. The summed E-state index contributed by atoms with van der Waals surface area (Å²) in [4.78, 5) is 30.0. The number of hydrogen-bond donors (Lipinski definition) is 1. The van der Waals surface area contributed by atoms with Crippen LogP contribution in [0.1, 0.15) is 52.2 Å². The summed E-state index contributed by atoms with van der Waals surface area (Å²) in [6.45, 7) is 6.70. The summed E-state index contributed by atoms with van der Waals surface area (Å²) in [7, 11) is 0. The largest absolute Gasteiger partial charge is 0.329 e. The van der Waals surface area contributed by atoms with E-state index < -0.39 is 5.92 Å². The van der Waals surface area contributed by atoms with Gasteiger partial charge in [-0.05, 0) is 53.6 Å². The van der Waals surface area contributed by atoms with E-state index in [1.807, 2.05) is 71.8 Å². The summed E-state index contributed by atoms with van der Waals surface area (Å²) in [6.07, 6.45) is 0. The number of amides is 2. The number of thiophene rings is 1. The molecule has 3 aromatic rings. The highest BCUT2D eigenvalue weighted by atomic mass is 35.5. The van der Waals surface area contributed by atoms with Crippen molar-refractivity contribution in [3.63, 3.8) is 0 Å². The summed E-state index contributed by atoms with van der Waals surface area (Å²) < 4.78 is 0. The Labute approximate surface area is 191 Å². The fourth-order valence-corrected chi connectivity index (χ4v) is 5.33. The van der Waals surface area contributed by atoms with Gasteiger partial charge in [-0.15, -0.1) is 11.3 Å². The van der Waals surface area contributed by atoms with Gasteiger partial charge in [-0.2, -0.15) is 0 Å². The molecule has 0 fully saturated rings. The number of rotatable bonds is 5. The fraction of sp³-hybridized carbons (Fsp3) is 0.280. The number of nitrogens with zero attached hydrogens (tertiary/aromatic N) is 1. The van der Waals surface area contributed by atoms with Crippen LogP contribution in [-0.2, 0) is 4.79 Å². The molecule has 0 saturated carbocycles. The topological polar surface area (TPSA) is 49.4 Å². The highest BCUT2D eigenvalue weighted by Crippen LogP contribution is 2.45. The van der Waals surface area contributed by atoms with Gasteiger partial charge < -0.3 is 10.2 Å². The molecule has 1 N–H and O–H groups in total. The Kier molecular flexibility index (Phi) is 6.17. The summed E-state index contributed by atoms with van der Waals surface area (Å²) in [6, 6.07) is 16.6. The van der Waals surface area contributed by atoms with Gasteiger partial charge in [-0.25, -0.2) is 0 Å². The number of benzene rings is 2. The second kappa shape index (κ2) is 8.85. The van der Waals surface area contributed by atoms with Gasteiger partial charge in [0, 0.05) is 17.0 Å². The Balaban J connectivity index is 1.82. The Bertz CT molecular complexity index is 1110. The second-order valence-corrected chi connectivity index (χ2v) is 9.74. The Morgan fingerprint density at radius 1 is 1.16 bits per heavy atom.